The maximum atomic E-state index is 6.34. The Hall–Kier alpha value is -1.56. The summed E-state index contributed by atoms with van der Waals surface area (Å²) in [6, 6.07) is 0.336. The second-order valence-corrected chi connectivity index (χ2v) is 7.77. The van der Waals surface area contributed by atoms with Crippen molar-refractivity contribution >= 4 is 17.3 Å². The van der Waals surface area contributed by atoms with E-state index in [1.807, 2.05) is 0 Å². The van der Waals surface area contributed by atoms with Crippen molar-refractivity contribution in [1.29, 1.82) is 0 Å². The van der Waals surface area contributed by atoms with Crippen LogP contribution in [0.2, 0.25) is 0 Å². The molecule has 6 nitrogen and oxygen atoms in total. The first-order valence-corrected chi connectivity index (χ1v) is 8.58. The van der Waals surface area contributed by atoms with Crippen molar-refractivity contribution in [3.05, 3.63) is 6.33 Å². The Morgan fingerprint density at radius 2 is 1.74 bits per heavy atom. The van der Waals surface area contributed by atoms with Crippen LogP contribution in [0.15, 0.2) is 6.33 Å². The molecule has 0 amide bonds. The number of rotatable bonds is 5. The van der Waals surface area contributed by atoms with Crippen molar-refractivity contribution in [3.63, 3.8) is 0 Å². The topological polar surface area (TPSA) is 79.1 Å². The van der Waals surface area contributed by atoms with Crippen LogP contribution in [-0.2, 0) is 0 Å². The quantitative estimate of drug-likeness (QED) is 0.774. The van der Waals surface area contributed by atoms with Crippen LogP contribution < -0.4 is 21.3 Å². The van der Waals surface area contributed by atoms with Crippen LogP contribution in [-0.4, -0.2) is 40.2 Å². The van der Waals surface area contributed by atoms with Gasteiger partial charge in [-0.25, -0.2) is 9.97 Å². The second kappa shape index (κ2) is 6.51. The highest BCUT2D eigenvalue weighted by molar-refractivity contribution is 5.75. The molecule has 0 saturated carbocycles. The van der Waals surface area contributed by atoms with Crippen LogP contribution >= 0.6 is 0 Å². The number of nitrogen functional groups attached to an aromatic ring is 1. The van der Waals surface area contributed by atoms with E-state index in [1.54, 1.807) is 6.33 Å². The number of nitrogens with one attached hydrogen (secondary N) is 2. The maximum absolute atomic E-state index is 6.34. The fraction of sp³-hybridized carbons (Fsp3) is 0.765. The Bertz CT molecular complexity index is 520. The highest BCUT2D eigenvalue weighted by atomic mass is 15.2. The van der Waals surface area contributed by atoms with Crippen LogP contribution in [0.1, 0.15) is 54.4 Å². The van der Waals surface area contributed by atoms with E-state index >= 15 is 0 Å². The molecule has 2 rings (SSSR count). The molecule has 1 saturated heterocycles. The smallest absolute Gasteiger partial charge is 0.157 e. The van der Waals surface area contributed by atoms with Crippen LogP contribution in [0.5, 0.6) is 0 Å². The van der Waals surface area contributed by atoms with Gasteiger partial charge in [0.25, 0.3) is 0 Å². The molecular weight excluding hydrogens is 288 g/mol. The number of aromatic nitrogens is 2. The number of anilines is 3. The summed E-state index contributed by atoms with van der Waals surface area (Å²) in [5, 5.41) is 7.26. The average Bonchev–Trinajstić information content (AvgIpc) is 2.40. The molecule has 0 spiro atoms. The molecule has 1 aliphatic heterocycles. The molecule has 2 heterocycles. The van der Waals surface area contributed by atoms with Crippen LogP contribution in [0.25, 0.3) is 0 Å². The van der Waals surface area contributed by atoms with Crippen molar-refractivity contribution < 1.29 is 0 Å². The van der Waals surface area contributed by atoms with Gasteiger partial charge in [-0.05, 0) is 54.4 Å². The lowest BCUT2D eigenvalue weighted by atomic mass is 9.79. The fourth-order valence-electron chi connectivity index (χ4n) is 3.89. The van der Waals surface area contributed by atoms with E-state index in [9.17, 15) is 0 Å². The predicted molar refractivity (Wildman–Crippen MR) is 97.9 cm³/mol. The Morgan fingerprint density at radius 3 is 2.26 bits per heavy atom. The van der Waals surface area contributed by atoms with Crippen LogP contribution in [0.4, 0.5) is 17.3 Å². The minimum absolute atomic E-state index is 0.0862. The summed E-state index contributed by atoms with van der Waals surface area (Å²) in [5.41, 5.74) is 7.16. The van der Waals surface area contributed by atoms with Crippen LogP contribution in [0.3, 0.4) is 0 Å². The monoisotopic (exact) mass is 320 g/mol. The fourth-order valence-corrected chi connectivity index (χ4v) is 3.89. The molecule has 4 N–H and O–H groups in total. The number of hydrogen-bond donors (Lipinski definition) is 3. The molecule has 1 aliphatic rings. The first-order valence-electron chi connectivity index (χ1n) is 8.58. The Labute approximate surface area is 140 Å². The standard InChI is InChI=1S/C17H32N6/c1-7-23(8-2)15-13(18)14(19-11-20-15)21-12-9-16(3,4)22-17(5,6)10-12/h11-12,22H,7-10,18H2,1-6H3,(H,19,20,21). The zero-order valence-electron chi connectivity index (χ0n) is 15.4. The number of nitrogens with zero attached hydrogens (tertiary/aromatic N) is 3. The summed E-state index contributed by atoms with van der Waals surface area (Å²) in [7, 11) is 0. The van der Waals surface area contributed by atoms with E-state index in [4.69, 9.17) is 5.73 Å². The molecule has 0 bridgehead atoms. The van der Waals surface area contributed by atoms with Crippen molar-refractivity contribution in [2.45, 2.75) is 71.5 Å². The van der Waals surface area contributed by atoms with E-state index in [1.165, 1.54) is 0 Å². The largest absolute Gasteiger partial charge is 0.393 e. The van der Waals surface area contributed by atoms with Gasteiger partial charge in [0, 0.05) is 30.2 Å². The lowest BCUT2D eigenvalue weighted by Crippen LogP contribution is -2.60. The summed E-state index contributed by atoms with van der Waals surface area (Å²) < 4.78 is 0. The third-order valence-corrected chi connectivity index (χ3v) is 4.46. The third-order valence-electron chi connectivity index (χ3n) is 4.46. The highest BCUT2D eigenvalue weighted by Gasteiger charge is 2.38. The van der Waals surface area contributed by atoms with Gasteiger partial charge in [0.1, 0.15) is 12.0 Å². The Morgan fingerprint density at radius 1 is 1.17 bits per heavy atom. The molecule has 1 aromatic heterocycles. The van der Waals surface area contributed by atoms with Gasteiger partial charge in [-0.2, -0.15) is 0 Å². The predicted octanol–water partition coefficient (Wildman–Crippen LogP) is 2.63. The van der Waals surface area contributed by atoms with Crippen molar-refractivity contribution in [1.82, 2.24) is 15.3 Å². The third kappa shape index (κ3) is 4.25. The number of nitrogens with two attached hydrogens (primary N) is 1. The lowest BCUT2D eigenvalue weighted by Gasteiger charge is -2.46. The average molecular weight is 320 g/mol. The van der Waals surface area contributed by atoms with Crippen molar-refractivity contribution in [2.75, 3.05) is 29.0 Å². The summed E-state index contributed by atoms with van der Waals surface area (Å²) in [5.74, 6) is 1.57. The minimum atomic E-state index is 0.0862. The number of hydrogen-bond acceptors (Lipinski definition) is 6. The molecule has 0 aliphatic carbocycles. The zero-order valence-corrected chi connectivity index (χ0v) is 15.4. The molecule has 0 atom stereocenters. The molecule has 0 radical (unpaired) electrons. The van der Waals surface area contributed by atoms with Gasteiger partial charge >= 0.3 is 0 Å². The zero-order chi connectivity index (χ0) is 17.3. The van der Waals surface area contributed by atoms with Gasteiger partial charge in [0.2, 0.25) is 0 Å². The SMILES string of the molecule is CCN(CC)c1ncnc(NC2CC(C)(C)NC(C)(C)C2)c1N. The first kappa shape index (κ1) is 17.8. The summed E-state index contributed by atoms with van der Waals surface area (Å²) in [6.45, 7) is 14.9. The summed E-state index contributed by atoms with van der Waals surface area (Å²) >= 11 is 0. The van der Waals surface area contributed by atoms with Crippen molar-refractivity contribution in [3.8, 4) is 0 Å². The molecule has 0 unspecified atom stereocenters. The molecule has 1 aromatic rings. The van der Waals surface area contributed by atoms with Gasteiger partial charge in [-0.15, -0.1) is 0 Å². The van der Waals surface area contributed by atoms with E-state index in [0.717, 1.165) is 37.6 Å². The maximum Gasteiger partial charge on any atom is 0.157 e. The van der Waals surface area contributed by atoms with E-state index in [2.05, 4.69) is 67.0 Å². The number of piperidine rings is 1. The molecule has 1 fully saturated rings. The lowest BCUT2D eigenvalue weighted by molar-refractivity contribution is 0.170. The summed E-state index contributed by atoms with van der Waals surface area (Å²) in [4.78, 5) is 10.9. The minimum Gasteiger partial charge on any atom is -0.393 e. The van der Waals surface area contributed by atoms with Gasteiger partial charge < -0.3 is 21.3 Å². The Kier molecular flexibility index (Phi) is 5.04. The van der Waals surface area contributed by atoms with Gasteiger partial charge in [-0.1, -0.05) is 0 Å². The van der Waals surface area contributed by atoms with Gasteiger partial charge in [0.05, 0.1) is 0 Å². The first-order chi connectivity index (χ1) is 10.7. The summed E-state index contributed by atoms with van der Waals surface area (Å²) in [6.07, 6.45) is 3.66. The van der Waals surface area contributed by atoms with Gasteiger partial charge in [-0.3, -0.25) is 0 Å². The molecule has 23 heavy (non-hydrogen) atoms. The molecule has 130 valence electrons. The van der Waals surface area contributed by atoms with Crippen LogP contribution in [0, 0.1) is 0 Å². The second-order valence-electron chi connectivity index (χ2n) is 7.77. The molecule has 6 heteroatoms. The van der Waals surface area contributed by atoms with Gasteiger partial charge in [0.15, 0.2) is 11.6 Å². The van der Waals surface area contributed by atoms with E-state index < -0.39 is 0 Å². The van der Waals surface area contributed by atoms with E-state index in [-0.39, 0.29) is 11.1 Å². The molecule has 0 aromatic carbocycles. The highest BCUT2D eigenvalue weighted by Crippen LogP contribution is 2.32. The van der Waals surface area contributed by atoms with Crippen molar-refractivity contribution in [2.24, 2.45) is 0 Å². The molecular formula is C17H32N6. The Balaban J connectivity index is 2.22. The normalized spacial score (nSPS) is 20.3. The van der Waals surface area contributed by atoms with E-state index in [0.29, 0.717) is 11.7 Å².